The second kappa shape index (κ2) is 2.85. The van der Waals surface area contributed by atoms with Crippen LogP contribution in [0, 0.1) is 6.39 Å². The van der Waals surface area contributed by atoms with Crippen LogP contribution in [0.15, 0.2) is 40.9 Å². The van der Waals surface area contributed by atoms with Crippen LogP contribution < -0.4 is 4.48 Å². The summed E-state index contributed by atoms with van der Waals surface area (Å²) in [6.07, 6.45) is 4.16. The zero-order chi connectivity index (χ0) is 8.39. The molecule has 3 radical (unpaired) electrons. The van der Waals surface area contributed by atoms with E-state index < -0.39 is 0 Å². The normalized spacial score (nSPS) is 10.1. The van der Waals surface area contributed by atoms with Crippen LogP contribution in [0.1, 0.15) is 0 Å². The molecule has 2 nitrogen and oxygen atoms in total. The van der Waals surface area contributed by atoms with Crippen molar-refractivity contribution in [1.82, 2.24) is 0 Å². The number of nitrogens with zero attached hydrogens (tertiary/aromatic N) is 1. The van der Waals surface area contributed by atoms with Crippen LogP contribution in [-0.2, 0) is 0 Å². The van der Waals surface area contributed by atoms with Crippen LogP contribution in [0.4, 0.5) is 0 Å². The van der Waals surface area contributed by atoms with Crippen molar-refractivity contribution in [3.8, 4) is 11.3 Å². The molecule has 1 heterocycles. The van der Waals surface area contributed by atoms with Crippen molar-refractivity contribution < 1.29 is 8.90 Å². The van der Waals surface area contributed by atoms with E-state index in [9.17, 15) is 0 Å². The molecule has 0 spiro atoms. The standard InChI is InChI=1S/C9H6BNO/c10-11-6-9(12-7-11)8-4-2-1-3-5-8/h1-6H/q-1. The largest absolute Gasteiger partial charge is 0.589 e. The van der Waals surface area contributed by atoms with Gasteiger partial charge in [0.2, 0.25) is 6.39 Å². The molecular weight excluding hydrogens is 149 g/mol. The van der Waals surface area contributed by atoms with Gasteiger partial charge in [-0.3, -0.25) is 0 Å². The van der Waals surface area contributed by atoms with Crippen LogP contribution in [0.3, 0.4) is 0 Å². The van der Waals surface area contributed by atoms with Crippen molar-refractivity contribution in [3.63, 3.8) is 0 Å². The van der Waals surface area contributed by atoms with E-state index >= 15 is 0 Å². The van der Waals surface area contributed by atoms with E-state index in [4.69, 9.17) is 12.4 Å². The Bertz CT molecular complexity index is 369. The zero-order valence-electron chi connectivity index (χ0n) is 6.40. The molecule has 0 unspecified atom stereocenters. The zero-order valence-corrected chi connectivity index (χ0v) is 6.40. The van der Waals surface area contributed by atoms with Gasteiger partial charge in [-0.2, -0.15) is 0 Å². The third-order valence-corrected chi connectivity index (χ3v) is 1.58. The summed E-state index contributed by atoms with van der Waals surface area (Å²) in [7, 11) is 5.38. The minimum atomic E-state index is 0.720. The first-order chi connectivity index (χ1) is 5.86. The quantitative estimate of drug-likeness (QED) is 0.442. The molecule has 1 aromatic heterocycles. The number of rotatable bonds is 1. The Morgan fingerprint density at radius 3 is 2.58 bits per heavy atom. The summed E-state index contributed by atoms with van der Waals surface area (Å²) < 4.78 is 6.33. The van der Waals surface area contributed by atoms with Gasteiger partial charge in [0, 0.05) is 12.0 Å². The van der Waals surface area contributed by atoms with Crippen LogP contribution >= 0.6 is 0 Å². The van der Waals surface area contributed by atoms with Gasteiger partial charge in [0.1, 0.15) is 0 Å². The van der Waals surface area contributed by atoms with Gasteiger partial charge in [0.05, 0.1) is 0 Å². The lowest BCUT2D eigenvalue weighted by molar-refractivity contribution is -0.530. The number of oxazole rings is 1. The molecule has 0 aliphatic carbocycles. The summed E-state index contributed by atoms with van der Waals surface area (Å²) in [5.41, 5.74) is 0.998. The fraction of sp³-hybridized carbons (Fsp3) is 0. The maximum absolute atomic E-state index is 5.38. The molecule has 0 bridgehead atoms. The Morgan fingerprint density at radius 2 is 2.00 bits per heavy atom. The molecule has 3 heteroatoms. The topological polar surface area (TPSA) is 17.0 Å². The Morgan fingerprint density at radius 1 is 1.25 bits per heavy atom. The second-order valence-electron chi connectivity index (χ2n) is 2.46. The van der Waals surface area contributed by atoms with E-state index in [1.54, 1.807) is 6.20 Å². The summed E-state index contributed by atoms with van der Waals surface area (Å²) >= 11 is 0. The Balaban J connectivity index is 2.45. The first kappa shape index (κ1) is 7.16. The number of aromatic nitrogens is 1. The fourth-order valence-corrected chi connectivity index (χ4v) is 1.02. The van der Waals surface area contributed by atoms with Gasteiger partial charge in [-0.1, -0.05) is 30.3 Å². The van der Waals surface area contributed by atoms with Crippen LogP contribution in [0.25, 0.3) is 11.3 Å². The van der Waals surface area contributed by atoms with Crippen LogP contribution in [-0.4, -0.2) is 7.98 Å². The highest BCUT2D eigenvalue weighted by Crippen LogP contribution is 2.15. The molecule has 2 aromatic rings. The maximum atomic E-state index is 5.38. The van der Waals surface area contributed by atoms with E-state index in [1.807, 2.05) is 30.3 Å². The van der Waals surface area contributed by atoms with E-state index in [1.165, 1.54) is 4.48 Å². The van der Waals surface area contributed by atoms with Gasteiger partial charge in [0.15, 0.2) is 0 Å². The SMILES string of the molecule is [B-][n+]1[c-]oc(-c2ccccc2)c1. The van der Waals surface area contributed by atoms with Crippen LogP contribution in [0.5, 0.6) is 0 Å². The second-order valence-corrected chi connectivity index (χ2v) is 2.46. The minimum absolute atomic E-state index is 0.720. The smallest absolute Gasteiger partial charge is 0.249 e. The van der Waals surface area contributed by atoms with Gasteiger partial charge < -0.3 is 8.90 Å². The number of benzene rings is 1. The molecule has 0 saturated heterocycles. The molecule has 2 rings (SSSR count). The molecule has 57 valence electrons. The first-order valence-electron chi connectivity index (χ1n) is 3.60. The van der Waals surface area contributed by atoms with Gasteiger partial charge in [0.25, 0.3) is 0 Å². The molecule has 0 aliphatic heterocycles. The first-order valence-corrected chi connectivity index (χ1v) is 3.60. The molecule has 0 saturated carbocycles. The van der Waals surface area contributed by atoms with Gasteiger partial charge in [-0.25, -0.2) is 0 Å². The highest BCUT2D eigenvalue weighted by molar-refractivity contribution is 5.94. The van der Waals surface area contributed by atoms with Gasteiger partial charge in [-0.05, 0) is 5.56 Å². The van der Waals surface area contributed by atoms with Crippen molar-refractivity contribution in [3.05, 3.63) is 42.9 Å². The van der Waals surface area contributed by atoms with Crippen molar-refractivity contribution in [2.75, 3.05) is 0 Å². The van der Waals surface area contributed by atoms with Gasteiger partial charge in [-0.15, -0.1) is 7.98 Å². The lowest BCUT2D eigenvalue weighted by Gasteiger charge is -1.99. The van der Waals surface area contributed by atoms with Crippen molar-refractivity contribution in [1.29, 1.82) is 0 Å². The average Bonchev–Trinajstić information content (AvgIpc) is 2.54. The predicted molar refractivity (Wildman–Crippen MR) is 44.3 cm³/mol. The lowest BCUT2D eigenvalue weighted by Crippen LogP contribution is -2.27. The lowest BCUT2D eigenvalue weighted by atomic mass is 10.2. The summed E-state index contributed by atoms with van der Waals surface area (Å²) in [5.74, 6) is 0.720. The maximum Gasteiger partial charge on any atom is 0.249 e. The summed E-state index contributed by atoms with van der Waals surface area (Å²) in [4.78, 5) is 0. The van der Waals surface area contributed by atoms with E-state index in [0.29, 0.717) is 0 Å². The molecule has 1 aromatic carbocycles. The summed E-state index contributed by atoms with van der Waals surface area (Å²) in [5, 5.41) is 0. The number of hydrogen-bond donors (Lipinski definition) is 0. The molecule has 12 heavy (non-hydrogen) atoms. The molecule has 0 fully saturated rings. The predicted octanol–water partition coefficient (Wildman–Crippen LogP) is 0.966. The monoisotopic (exact) mass is 155 g/mol. The molecule has 0 atom stereocenters. The third kappa shape index (κ3) is 1.26. The Labute approximate surface area is 71.9 Å². The van der Waals surface area contributed by atoms with Crippen molar-refractivity contribution in [2.45, 2.75) is 0 Å². The molecule has 0 aliphatic rings. The van der Waals surface area contributed by atoms with Crippen molar-refractivity contribution >= 4 is 7.98 Å². The van der Waals surface area contributed by atoms with E-state index in [-0.39, 0.29) is 0 Å². The fourth-order valence-electron chi connectivity index (χ4n) is 1.02. The van der Waals surface area contributed by atoms with Crippen molar-refractivity contribution in [2.24, 2.45) is 0 Å². The highest BCUT2D eigenvalue weighted by Gasteiger charge is 1.91. The minimum Gasteiger partial charge on any atom is -0.589 e. The molecular formula is C9H6BNO-. The summed E-state index contributed by atoms with van der Waals surface area (Å²) in [6.45, 7) is 0. The molecule has 0 amide bonds. The highest BCUT2D eigenvalue weighted by atomic mass is 16.3. The summed E-state index contributed by atoms with van der Waals surface area (Å²) in [6, 6.07) is 9.74. The molecule has 0 N–H and O–H groups in total. The van der Waals surface area contributed by atoms with Crippen LogP contribution in [0.2, 0.25) is 0 Å². The Hall–Kier alpha value is -1.51. The average molecular weight is 155 g/mol. The van der Waals surface area contributed by atoms with E-state index in [0.717, 1.165) is 11.3 Å². The van der Waals surface area contributed by atoms with E-state index in [2.05, 4.69) is 6.39 Å². The number of hydrogen-bond acceptors (Lipinski definition) is 1. The van der Waals surface area contributed by atoms with Gasteiger partial charge >= 0.3 is 0 Å². The third-order valence-electron chi connectivity index (χ3n) is 1.58. The Kier molecular flexibility index (Phi) is 1.70.